The molecule has 1 aliphatic heterocycles. The molecule has 0 saturated carbocycles. The van der Waals surface area contributed by atoms with Gasteiger partial charge in [-0.3, -0.25) is 4.98 Å². The Hall–Kier alpha value is -1.25. The molecule has 0 spiro atoms. The average Bonchev–Trinajstić information content (AvgIpc) is 2.38. The van der Waals surface area contributed by atoms with Crippen LogP contribution in [0.2, 0.25) is 0 Å². The molecule has 0 atom stereocenters. The van der Waals surface area contributed by atoms with E-state index in [0.29, 0.717) is 32.7 Å². The Morgan fingerprint density at radius 1 is 1.22 bits per heavy atom. The molecular weight excluding hydrogens is 254 g/mol. The molecule has 18 heavy (non-hydrogen) atoms. The van der Waals surface area contributed by atoms with Gasteiger partial charge in [0.05, 0.1) is 24.3 Å². The molecule has 1 saturated heterocycles. The first kappa shape index (κ1) is 13.2. The minimum absolute atomic E-state index is 0.370. The molecule has 2 rings (SSSR count). The van der Waals surface area contributed by atoms with E-state index >= 15 is 0 Å². The van der Waals surface area contributed by atoms with Gasteiger partial charge >= 0.3 is 0 Å². The fraction of sp³-hybridized carbons (Fsp3) is 0.600. The van der Waals surface area contributed by atoms with Crippen LogP contribution in [-0.4, -0.2) is 55.1 Å². The van der Waals surface area contributed by atoms with Crippen LogP contribution in [0.5, 0.6) is 0 Å². The summed E-state index contributed by atoms with van der Waals surface area (Å²) in [5, 5.41) is 0. The van der Waals surface area contributed by atoms with E-state index < -0.39 is 10.0 Å². The second-order valence-corrected chi connectivity index (χ2v) is 6.20. The lowest BCUT2D eigenvalue weighted by Crippen LogP contribution is -2.48. The average molecular weight is 271 g/mol. The van der Waals surface area contributed by atoms with Crippen molar-refractivity contribution in [2.45, 2.75) is 6.54 Å². The Labute approximate surface area is 107 Å². The Balaban J connectivity index is 2.01. The quantitative estimate of drug-likeness (QED) is 0.759. The summed E-state index contributed by atoms with van der Waals surface area (Å²) in [4.78, 5) is 10.5. The van der Waals surface area contributed by atoms with Crippen LogP contribution in [0, 0.1) is 0 Å². The Bertz CT molecular complexity index is 494. The summed E-state index contributed by atoms with van der Waals surface area (Å²) in [5.74, 6) is 0.764. The molecule has 0 amide bonds. The van der Waals surface area contributed by atoms with Crippen LogP contribution in [0.1, 0.15) is 5.69 Å². The first-order chi connectivity index (χ1) is 8.50. The number of piperazine rings is 1. The number of anilines is 1. The summed E-state index contributed by atoms with van der Waals surface area (Å²) in [6.07, 6.45) is 4.56. The molecule has 0 unspecified atom stereocenters. The summed E-state index contributed by atoms with van der Waals surface area (Å²) in [7, 11) is -3.09. The Morgan fingerprint density at radius 2 is 1.89 bits per heavy atom. The molecule has 0 radical (unpaired) electrons. The maximum absolute atomic E-state index is 11.4. The molecule has 100 valence electrons. The van der Waals surface area contributed by atoms with Gasteiger partial charge in [-0.15, -0.1) is 0 Å². The Morgan fingerprint density at radius 3 is 2.33 bits per heavy atom. The molecule has 2 N–H and O–H groups in total. The second-order valence-electron chi connectivity index (χ2n) is 4.22. The topological polar surface area (TPSA) is 92.4 Å². The van der Waals surface area contributed by atoms with Gasteiger partial charge in [-0.1, -0.05) is 0 Å². The predicted octanol–water partition coefficient (Wildman–Crippen LogP) is -0.983. The summed E-state index contributed by atoms with van der Waals surface area (Å²) in [5.41, 5.74) is 6.20. The number of rotatable bonds is 3. The molecule has 0 bridgehead atoms. The minimum atomic E-state index is -3.09. The van der Waals surface area contributed by atoms with E-state index in [0.717, 1.165) is 11.5 Å². The van der Waals surface area contributed by atoms with Gasteiger partial charge in [-0.05, 0) is 0 Å². The van der Waals surface area contributed by atoms with Crippen LogP contribution in [0.4, 0.5) is 5.82 Å². The minimum Gasteiger partial charge on any atom is -0.353 e. The van der Waals surface area contributed by atoms with Crippen molar-refractivity contribution in [3.8, 4) is 0 Å². The third kappa shape index (κ3) is 2.95. The zero-order valence-corrected chi connectivity index (χ0v) is 11.1. The smallest absolute Gasteiger partial charge is 0.211 e. The number of hydrogen-bond acceptors (Lipinski definition) is 6. The monoisotopic (exact) mass is 271 g/mol. The van der Waals surface area contributed by atoms with Crippen molar-refractivity contribution in [2.24, 2.45) is 5.73 Å². The van der Waals surface area contributed by atoms with Crippen LogP contribution in [-0.2, 0) is 16.6 Å². The zero-order chi connectivity index (χ0) is 13.2. The molecule has 1 aromatic heterocycles. The summed E-state index contributed by atoms with van der Waals surface area (Å²) < 4.78 is 24.2. The van der Waals surface area contributed by atoms with Gasteiger partial charge in [0.15, 0.2) is 0 Å². The summed E-state index contributed by atoms with van der Waals surface area (Å²) >= 11 is 0. The Kier molecular flexibility index (Phi) is 3.79. The molecule has 1 fully saturated rings. The number of nitrogens with zero attached hydrogens (tertiary/aromatic N) is 4. The third-order valence-electron chi connectivity index (χ3n) is 2.93. The molecule has 0 aliphatic carbocycles. The standard InChI is InChI=1S/C10H17N5O2S/c1-18(16,17)15-4-2-14(3-5-15)10-8-12-9(6-11)7-13-10/h7-8H,2-6,11H2,1H3. The van der Waals surface area contributed by atoms with Crippen molar-refractivity contribution in [1.29, 1.82) is 0 Å². The third-order valence-corrected chi connectivity index (χ3v) is 4.24. The lowest BCUT2D eigenvalue weighted by molar-refractivity contribution is 0.387. The van der Waals surface area contributed by atoms with E-state index in [2.05, 4.69) is 9.97 Å². The first-order valence-electron chi connectivity index (χ1n) is 5.72. The number of hydrogen-bond donors (Lipinski definition) is 1. The van der Waals surface area contributed by atoms with Crippen LogP contribution in [0.15, 0.2) is 12.4 Å². The van der Waals surface area contributed by atoms with Gasteiger partial charge in [0, 0.05) is 32.7 Å². The molecule has 0 aromatic carbocycles. The van der Waals surface area contributed by atoms with Gasteiger partial charge in [-0.25, -0.2) is 13.4 Å². The van der Waals surface area contributed by atoms with Crippen molar-refractivity contribution in [1.82, 2.24) is 14.3 Å². The summed E-state index contributed by atoms with van der Waals surface area (Å²) in [6.45, 7) is 2.60. The normalized spacial score (nSPS) is 18.0. The van der Waals surface area contributed by atoms with E-state index in [9.17, 15) is 8.42 Å². The van der Waals surface area contributed by atoms with Gasteiger partial charge < -0.3 is 10.6 Å². The van der Waals surface area contributed by atoms with Crippen molar-refractivity contribution in [3.05, 3.63) is 18.1 Å². The van der Waals surface area contributed by atoms with Gasteiger partial charge in [0.25, 0.3) is 0 Å². The van der Waals surface area contributed by atoms with Crippen LogP contribution in [0.3, 0.4) is 0 Å². The van der Waals surface area contributed by atoms with Crippen molar-refractivity contribution >= 4 is 15.8 Å². The largest absolute Gasteiger partial charge is 0.353 e. The van der Waals surface area contributed by atoms with Crippen LogP contribution < -0.4 is 10.6 Å². The highest BCUT2D eigenvalue weighted by molar-refractivity contribution is 7.88. The molecular formula is C10H17N5O2S. The maximum atomic E-state index is 11.4. The lowest BCUT2D eigenvalue weighted by atomic mass is 10.3. The second kappa shape index (κ2) is 5.17. The fourth-order valence-electron chi connectivity index (χ4n) is 1.87. The van der Waals surface area contributed by atoms with Crippen LogP contribution >= 0.6 is 0 Å². The fourth-order valence-corrected chi connectivity index (χ4v) is 2.69. The highest BCUT2D eigenvalue weighted by Gasteiger charge is 2.23. The van der Waals surface area contributed by atoms with Crippen molar-refractivity contribution < 1.29 is 8.42 Å². The molecule has 2 heterocycles. The lowest BCUT2D eigenvalue weighted by Gasteiger charge is -2.33. The van der Waals surface area contributed by atoms with E-state index in [4.69, 9.17) is 5.73 Å². The highest BCUT2D eigenvalue weighted by atomic mass is 32.2. The van der Waals surface area contributed by atoms with E-state index in [-0.39, 0.29) is 0 Å². The molecule has 1 aliphatic rings. The zero-order valence-electron chi connectivity index (χ0n) is 10.3. The number of nitrogens with two attached hydrogens (primary N) is 1. The van der Waals surface area contributed by atoms with E-state index in [1.54, 1.807) is 12.4 Å². The van der Waals surface area contributed by atoms with Crippen molar-refractivity contribution in [3.63, 3.8) is 0 Å². The van der Waals surface area contributed by atoms with E-state index in [1.807, 2.05) is 4.90 Å². The summed E-state index contributed by atoms with van der Waals surface area (Å²) in [6, 6.07) is 0. The first-order valence-corrected chi connectivity index (χ1v) is 7.56. The maximum Gasteiger partial charge on any atom is 0.211 e. The van der Waals surface area contributed by atoms with E-state index in [1.165, 1.54) is 10.6 Å². The molecule has 8 heteroatoms. The predicted molar refractivity (Wildman–Crippen MR) is 68.6 cm³/mol. The number of aromatic nitrogens is 2. The number of sulfonamides is 1. The van der Waals surface area contributed by atoms with Crippen molar-refractivity contribution in [2.75, 3.05) is 37.3 Å². The van der Waals surface area contributed by atoms with Gasteiger partial charge in [0.2, 0.25) is 10.0 Å². The van der Waals surface area contributed by atoms with Gasteiger partial charge in [-0.2, -0.15) is 4.31 Å². The van der Waals surface area contributed by atoms with Crippen LogP contribution in [0.25, 0.3) is 0 Å². The van der Waals surface area contributed by atoms with Gasteiger partial charge in [0.1, 0.15) is 5.82 Å². The molecule has 1 aromatic rings. The molecule has 7 nitrogen and oxygen atoms in total. The highest BCUT2D eigenvalue weighted by Crippen LogP contribution is 2.13. The SMILES string of the molecule is CS(=O)(=O)N1CCN(c2cnc(CN)cn2)CC1.